The lowest BCUT2D eigenvalue weighted by molar-refractivity contribution is -0.143. The molecule has 1 atom stereocenters. The summed E-state index contributed by atoms with van der Waals surface area (Å²) >= 11 is 0. The minimum Gasteiger partial charge on any atom is -0.493 e. The van der Waals surface area contributed by atoms with E-state index in [1.165, 1.54) is 12.0 Å². The van der Waals surface area contributed by atoms with Crippen molar-refractivity contribution in [2.75, 3.05) is 20.3 Å². The second-order valence-corrected chi connectivity index (χ2v) is 6.74. The summed E-state index contributed by atoms with van der Waals surface area (Å²) in [6.07, 6.45) is 3.07. The van der Waals surface area contributed by atoms with Gasteiger partial charge >= 0.3 is 5.97 Å². The highest BCUT2D eigenvalue weighted by Crippen LogP contribution is 2.30. The van der Waals surface area contributed by atoms with Gasteiger partial charge in [0.15, 0.2) is 11.5 Å². The first-order valence-electron chi connectivity index (χ1n) is 8.78. The molecule has 1 aliphatic heterocycles. The summed E-state index contributed by atoms with van der Waals surface area (Å²) in [5.74, 6) is 0.387. The predicted octanol–water partition coefficient (Wildman–Crippen LogP) is 3.20. The maximum absolute atomic E-state index is 12.8. The van der Waals surface area contributed by atoms with E-state index in [1.54, 1.807) is 18.2 Å². The number of carboxylic acids is 1. The van der Waals surface area contributed by atoms with Crippen molar-refractivity contribution in [3.8, 4) is 11.5 Å². The fraction of sp³-hybridized carbons (Fsp3) is 0.579. The quantitative estimate of drug-likeness (QED) is 0.818. The Morgan fingerprint density at radius 2 is 2.04 bits per heavy atom. The Morgan fingerprint density at radius 3 is 2.68 bits per heavy atom. The Morgan fingerprint density at radius 1 is 1.28 bits per heavy atom. The first kappa shape index (κ1) is 19.1. The molecular weight excluding hydrogens is 322 g/mol. The molecule has 1 N–H and O–H groups in total. The van der Waals surface area contributed by atoms with Crippen molar-refractivity contribution < 1.29 is 24.2 Å². The Balaban J connectivity index is 2.15. The zero-order valence-electron chi connectivity index (χ0n) is 15.2. The van der Waals surface area contributed by atoms with Gasteiger partial charge in [-0.05, 0) is 49.8 Å². The molecule has 6 nitrogen and oxygen atoms in total. The number of benzene rings is 1. The molecule has 1 aliphatic rings. The van der Waals surface area contributed by atoms with Gasteiger partial charge in [-0.1, -0.05) is 13.8 Å². The van der Waals surface area contributed by atoms with Crippen molar-refractivity contribution in [2.45, 2.75) is 45.6 Å². The summed E-state index contributed by atoms with van der Waals surface area (Å²) < 4.78 is 11.1. The van der Waals surface area contributed by atoms with E-state index in [2.05, 4.69) is 13.8 Å². The van der Waals surface area contributed by atoms with Crippen LogP contribution in [0.4, 0.5) is 0 Å². The number of ether oxygens (including phenoxy) is 2. The molecule has 1 aromatic carbocycles. The van der Waals surface area contributed by atoms with Gasteiger partial charge in [-0.2, -0.15) is 0 Å². The van der Waals surface area contributed by atoms with Crippen LogP contribution in [0.25, 0.3) is 0 Å². The molecule has 0 spiro atoms. The number of hydrogen-bond acceptors (Lipinski definition) is 4. The maximum atomic E-state index is 12.8. The second-order valence-electron chi connectivity index (χ2n) is 6.74. The Kier molecular flexibility index (Phi) is 6.67. The normalized spacial score (nSPS) is 17.4. The Hall–Kier alpha value is -2.24. The zero-order valence-corrected chi connectivity index (χ0v) is 15.2. The number of carboxylic acid groups (broad SMARTS) is 1. The fourth-order valence-corrected chi connectivity index (χ4v) is 2.92. The van der Waals surface area contributed by atoms with Gasteiger partial charge in [-0.15, -0.1) is 0 Å². The van der Waals surface area contributed by atoms with Gasteiger partial charge in [0, 0.05) is 12.1 Å². The summed E-state index contributed by atoms with van der Waals surface area (Å²) in [5, 5.41) is 9.35. The van der Waals surface area contributed by atoms with E-state index >= 15 is 0 Å². The number of rotatable bonds is 7. The molecule has 1 amide bonds. The van der Waals surface area contributed by atoms with Crippen molar-refractivity contribution in [3.63, 3.8) is 0 Å². The molecule has 1 fully saturated rings. The zero-order chi connectivity index (χ0) is 18.4. The first-order chi connectivity index (χ1) is 11.9. The van der Waals surface area contributed by atoms with Gasteiger partial charge in [0.25, 0.3) is 5.91 Å². The maximum Gasteiger partial charge on any atom is 0.326 e. The largest absolute Gasteiger partial charge is 0.493 e. The van der Waals surface area contributed by atoms with E-state index in [0.29, 0.717) is 42.6 Å². The predicted molar refractivity (Wildman–Crippen MR) is 94.3 cm³/mol. The van der Waals surface area contributed by atoms with Crippen molar-refractivity contribution >= 4 is 11.9 Å². The van der Waals surface area contributed by atoms with Crippen LogP contribution in [0.15, 0.2) is 18.2 Å². The SMILES string of the molecule is COc1cc(C(=O)N2CCCCC2C(=O)O)ccc1OCCC(C)C. The van der Waals surface area contributed by atoms with Gasteiger partial charge in [0.05, 0.1) is 13.7 Å². The number of amides is 1. The van der Waals surface area contributed by atoms with Gasteiger partial charge in [-0.3, -0.25) is 4.79 Å². The average Bonchev–Trinajstić information content (AvgIpc) is 2.61. The van der Waals surface area contributed by atoms with Crippen LogP contribution >= 0.6 is 0 Å². The molecule has 0 bridgehead atoms. The lowest BCUT2D eigenvalue weighted by atomic mass is 10.0. The highest BCUT2D eigenvalue weighted by Gasteiger charge is 2.32. The van der Waals surface area contributed by atoms with E-state index in [9.17, 15) is 14.7 Å². The Labute approximate surface area is 148 Å². The smallest absolute Gasteiger partial charge is 0.326 e. The van der Waals surface area contributed by atoms with Crippen molar-refractivity contribution in [2.24, 2.45) is 5.92 Å². The number of hydrogen-bond donors (Lipinski definition) is 1. The molecule has 0 saturated carbocycles. The molecule has 6 heteroatoms. The molecule has 1 unspecified atom stereocenters. The molecule has 138 valence electrons. The molecule has 1 saturated heterocycles. The standard InChI is InChI=1S/C19H27NO5/c1-13(2)9-11-25-16-8-7-14(12-17(16)24-3)18(21)20-10-5-4-6-15(20)19(22)23/h7-8,12-13,15H,4-6,9-11H2,1-3H3,(H,22,23). The first-order valence-corrected chi connectivity index (χ1v) is 8.78. The third-order valence-electron chi connectivity index (χ3n) is 4.41. The van der Waals surface area contributed by atoms with Crippen LogP contribution in [-0.4, -0.2) is 48.2 Å². The average molecular weight is 349 g/mol. The van der Waals surface area contributed by atoms with E-state index in [4.69, 9.17) is 9.47 Å². The van der Waals surface area contributed by atoms with E-state index in [-0.39, 0.29) is 5.91 Å². The minimum atomic E-state index is -0.950. The number of carbonyl (C=O) groups is 2. The Bertz CT molecular complexity index is 614. The highest BCUT2D eigenvalue weighted by atomic mass is 16.5. The van der Waals surface area contributed by atoms with Gasteiger partial charge in [0.1, 0.15) is 6.04 Å². The second kappa shape index (κ2) is 8.74. The van der Waals surface area contributed by atoms with E-state index in [0.717, 1.165) is 19.3 Å². The summed E-state index contributed by atoms with van der Waals surface area (Å²) in [5.41, 5.74) is 0.418. The summed E-state index contributed by atoms with van der Waals surface area (Å²) in [7, 11) is 1.53. The molecule has 0 aromatic heterocycles. The van der Waals surface area contributed by atoms with Crippen LogP contribution in [0.2, 0.25) is 0 Å². The topological polar surface area (TPSA) is 76.1 Å². The third-order valence-corrected chi connectivity index (χ3v) is 4.41. The minimum absolute atomic E-state index is 0.279. The lowest BCUT2D eigenvalue weighted by Gasteiger charge is -2.33. The lowest BCUT2D eigenvalue weighted by Crippen LogP contribution is -2.47. The molecule has 25 heavy (non-hydrogen) atoms. The van der Waals surface area contributed by atoms with Crippen molar-refractivity contribution in [1.82, 2.24) is 4.90 Å². The third kappa shape index (κ3) is 4.87. The van der Waals surface area contributed by atoms with Crippen LogP contribution in [0.3, 0.4) is 0 Å². The summed E-state index contributed by atoms with van der Waals surface area (Å²) in [4.78, 5) is 25.6. The van der Waals surface area contributed by atoms with Crippen molar-refractivity contribution in [1.29, 1.82) is 0 Å². The number of carbonyl (C=O) groups excluding carboxylic acids is 1. The van der Waals surface area contributed by atoms with Crippen LogP contribution in [0.1, 0.15) is 49.9 Å². The number of nitrogens with zero attached hydrogens (tertiary/aromatic N) is 1. The van der Waals surface area contributed by atoms with Crippen molar-refractivity contribution in [3.05, 3.63) is 23.8 Å². The molecule has 1 aromatic rings. The molecule has 2 rings (SSSR count). The monoisotopic (exact) mass is 349 g/mol. The summed E-state index contributed by atoms with van der Waals surface area (Å²) in [6, 6.07) is 4.25. The fourth-order valence-electron chi connectivity index (χ4n) is 2.92. The molecule has 1 heterocycles. The van der Waals surface area contributed by atoms with E-state index < -0.39 is 12.0 Å². The number of aliphatic carboxylic acids is 1. The van der Waals surface area contributed by atoms with Crippen LogP contribution in [-0.2, 0) is 4.79 Å². The van der Waals surface area contributed by atoms with Gasteiger partial charge < -0.3 is 19.5 Å². The number of likely N-dealkylation sites (tertiary alicyclic amines) is 1. The van der Waals surface area contributed by atoms with E-state index in [1.807, 2.05) is 0 Å². The number of methoxy groups -OCH3 is 1. The molecular formula is C19H27NO5. The highest BCUT2D eigenvalue weighted by molar-refractivity contribution is 5.97. The molecule has 0 aliphatic carbocycles. The summed E-state index contributed by atoms with van der Waals surface area (Å²) in [6.45, 7) is 5.29. The van der Waals surface area contributed by atoms with Gasteiger partial charge in [0.2, 0.25) is 0 Å². The molecule has 0 radical (unpaired) electrons. The van der Waals surface area contributed by atoms with Gasteiger partial charge in [-0.25, -0.2) is 4.79 Å². The number of piperidine rings is 1. The van der Waals surface area contributed by atoms with Crippen LogP contribution < -0.4 is 9.47 Å². The van der Waals surface area contributed by atoms with Crippen LogP contribution in [0.5, 0.6) is 11.5 Å². The van der Waals surface area contributed by atoms with Crippen LogP contribution in [0, 0.1) is 5.92 Å².